The molecule has 0 aromatic heterocycles. The Hall–Kier alpha value is -0.610. The number of rotatable bonds is 4. The molecular formula is C12H24N2O2. The highest BCUT2D eigenvalue weighted by atomic mass is 16.3. The van der Waals surface area contributed by atoms with Crippen LogP contribution in [0.2, 0.25) is 0 Å². The van der Waals surface area contributed by atoms with Crippen molar-refractivity contribution in [3.63, 3.8) is 0 Å². The highest BCUT2D eigenvalue weighted by Gasteiger charge is 2.26. The number of nitrogens with zero attached hydrogens (tertiary/aromatic N) is 2. The SMILES string of the molecule is CC(C)N(C(=O)CN1CC[C@@H](O)C1)C(C)C. The lowest BCUT2D eigenvalue weighted by Crippen LogP contribution is -2.46. The molecule has 4 heteroatoms. The first-order valence-electron chi connectivity index (χ1n) is 6.13. The standard InChI is InChI=1S/C12H24N2O2/c1-9(2)14(10(3)4)12(16)8-13-6-5-11(15)7-13/h9-11,15H,5-8H2,1-4H3/t11-/m1/s1. The van der Waals surface area contributed by atoms with Gasteiger partial charge in [-0.15, -0.1) is 0 Å². The molecule has 0 unspecified atom stereocenters. The molecule has 0 aromatic carbocycles. The Labute approximate surface area is 98.2 Å². The summed E-state index contributed by atoms with van der Waals surface area (Å²) >= 11 is 0. The fraction of sp³-hybridized carbons (Fsp3) is 0.917. The lowest BCUT2D eigenvalue weighted by Gasteiger charge is -2.32. The molecule has 1 heterocycles. The molecule has 16 heavy (non-hydrogen) atoms. The number of aliphatic hydroxyl groups excluding tert-OH is 1. The van der Waals surface area contributed by atoms with E-state index >= 15 is 0 Å². The summed E-state index contributed by atoms with van der Waals surface area (Å²) < 4.78 is 0. The molecule has 0 aliphatic carbocycles. The van der Waals surface area contributed by atoms with Crippen molar-refractivity contribution in [2.24, 2.45) is 0 Å². The third-order valence-corrected chi connectivity index (χ3v) is 3.01. The average Bonchev–Trinajstić information content (AvgIpc) is 2.49. The zero-order valence-electron chi connectivity index (χ0n) is 10.8. The Balaban J connectivity index is 2.49. The van der Waals surface area contributed by atoms with E-state index in [1.54, 1.807) is 0 Å². The van der Waals surface area contributed by atoms with Crippen molar-refractivity contribution in [1.29, 1.82) is 0 Å². The van der Waals surface area contributed by atoms with E-state index in [1.165, 1.54) is 0 Å². The van der Waals surface area contributed by atoms with Crippen LogP contribution in [0.25, 0.3) is 0 Å². The van der Waals surface area contributed by atoms with Gasteiger partial charge in [0.25, 0.3) is 0 Å². The van der Waals surface area contributed by atoms with Crippen molar-refractivity contribution in [3.8, 4) is 0 Å². The van der Waals surface area contributed by atoms with Gasteiger partial charge in [-0.3, -0.25) is 9.69 Å². The van der Waals surface area contributed by atoms with E-state index in [0.717, 1.165) is 13.0 Å². The maximum absolute atomic E-state index is 12.1. The predicted molar refractivity (Wildman–Crippen MR) is 64.2 cm³/mol. The molecule has 1 aliphatic rings. The van der Waals surface area contributed by atoms with Gasteiger partial charge in [-0.25, -0.2) is 0 Å². The van der Waals surface area contributed by atoms with Gasteiger partial charge in [-0.2, -0.15) is 0 Å². The highest BCUT2D eigenvalue weighted by molar-refractivity contribution is 5.78. The van der Waals surface area contributed by atoms with Crippen LogP contribution >= 0.6 is 0 Å². The summed E-state index contributed by atoms with van der Waals surface area (Å²) in [6.45, 7) is 10.1. The first-order valence-corrected chi connectivity index (χ1v) is 6.13. The summed E-state index contributed by atoms with van der Waals surface area (Å²) in [6, 6.07) is 0.472. The van der Waals surface area contributed by atoms with Crippen LogP contribution in [0.4, 0.5) is 0 Å². The summed E-state index contributed by atoms with van der Waals surface area (Å²) in [6.07, 6.45) is 0.538. The van der Waals surface area contributed by atoms with Gasteiger partial charge in [0, 0.05) is 25.2 Å². The van der Waals surface area contributed by atoms with Crippen LogP contribution < -0.4 is 0 Å². The molecule has 0 saturated carbocycles. The molecule has 1 atom stereocenters. The zero-order valence-corrected chi connectivity index (χ0v) is 10.8. The molecule has 1 saturated heterocycles. The zero-order chi connectivity index (χ0) is 12.3. The quantitative estimate of drug-likeness (QED) is 0.770. The van der Waals surface area contributed by atoms with Gasteiger partial charge in [-0.1, -0.05) is 0 Å². The van der Waals surface area contributed by atoms with Gasteiger partial charge in [-0.05, 0) is 34.1 Å². The first kappa shape index (κ1) is 13.5. The Morgan fingerprint density at radius 1 is 1.38 bits per heavy atom. The molecular weight excluding hydrogens is 204 g/mol. The summed E-state index contributed by atoms with van der Waals surface area (Å²) in [5.74, 6) is 0.166. The van der Waals surface area contributed by atoms with Crippen LogP contribution in [-0.2, 0) is 4.79 Å². The third-order valence-electron chi connectivity index (χ3n) is 3.01. The minimum atomic E-state index is -0.251. The number of amides is 1. The van der Waals surface area contributed by atoms with Crippen molar-refractivity contribution in [3.05, 3.63) is 0 Å². The van der Waals surface area contributed by atoms with Crippen LogP contribution in [0, 0.1) is 0 Å². The van der Waals surface area contributed by atoms with E-state index in [4.69, 9.17) is 0 Å². The smallest absolute Gasteiger partial charge is 0.237 e. The predicted octanol–water partition coefficient (Wildman–Crippen LogP) is 0.698. The number of hydrogen-bond acceptors (Lipinski definition) is 3. The van der Waals surface area contributed by atoms with Gasteiger partial charge >= 0.3 is 0 Å². The fourth-order valence-corrected chi connectivity index (χ4v) is 2.40. The van der Waals surface area contributed by atoms with Crippen LogP contribution in [-0.4, -0.2) is 58.6 Å². The normalized spacial score (nSPS) is 22.1. The molecule has 1 N–H and O–H groups in total. The lowest BCUT2D eigenvalue weighted by atomic mass is 10.2. The molecule has 0 aromatic rings. The molecule has 1 aliphatic heterocycles. The van der Waals surface area contributed by atoms with Crippen LogP contribution in [0.15, 0.2) is 0 Å². The van der Waals surface area contributed by atoms with Crippen molar-refractivity contribution in [2.45, 2.75) is 52.3 Å². The van der Waals surface area contributed by atoms with E-state index in [1.807, 2.05) is 37.5 Å². The second-order valence-electron chi connectivity index (χ2n) is 5.17. The monoisotopic (exact) mass is 228 g/mol. The van der Waals surface area contributed by atoms with Crippen molar-refractivity contribution in [1.82, 2.24) is 9.80 Å². The summed E-state index contributed by atoms with van der Waals surface area (Å²) in [7, 11) is 0. The number of carbonyl (C=O) groups is 1. The van der Waals surface area contributed by atoms with Gasteiger partial charge < -0.3 is 10.0 Å². The number of hydrogen-bond donors (Lipinski definition) is 1. The van der Waals surface area contributed by atoms with Gasteiger partial charge in [0.2, 0.25) is 5.91 Å². The van der Waals surface area contributed by atoms with E-state index in [9.17, 15) is 9.90 Å². The maximum Gasteiger partial charge on any atom is 0.237 e. The Bertz CT molecular complexity index is 233. The largest absolute Gasteiger partial charge is 0.392 e. The lowest BCUT2D eigenvalue weighted by molar-refractivity contribution is -0.135. The Morgan fingerprint density at radius 2 is 1.94 bits per heavy atom. The fourth-order valence-electron chi connectivity index (χ4n) is 2.40. The Morgan fingerprint density at radius 3 is 2.31 bits per heavy atom. The molecule has 0 radical (unpaired) electrons. The minimum Gasteiger partial charge on any atom is -0.392 e. The molecule has 0 bridgehead atoms. The average molecular weight is 228 g/mol. The van der Waals surface area contributed by atoms with Crippen molar-refractivity contribution >= 4 is 5.91 Å². The van der Waals surface area contributed by atoms with E-state index in [-0.39, 0.29) is 24.1 Å². The number of aliphatic hydroxyl groups is 1. The topological polar surface area (TPSA) is 43.8 Å². The van der Waals surface area contributed by atoms with E-state index in [2.05, 4.69) is 0 Å². The highest BCUT2D eigenvalue weighted by Crippen LogP contribution is 2.11. The first-order chi connectivity index (χ1) is 7.41. The molecule has 94 valence electrons. The molecule has 1 amide bonds. The van der Waals surface area contributed by atoms with Crippen molar-refractivity contribution < 1.29 is 9.90 Å². The van der Waals surface area contributed by atoms with Gasteiger partial charge in [0.05, 0.1) is 12.6 Å². The number of likely N-dealkylation sites (tertiary alicyclic amines) is 1. The third kappa shape index (κ3) is 3.46. The molecule has 1 rings (SSSR count). The second kappa shape index (κ2) is 5.64. The molecule has 0 spiro atoms. The number of carbonyl (C=O) groups excluding carboxylic acids is 1. The maximum atomic E-state index is 12.1. The molecule has 1 fully saturated rings. The second-order valence-corrected chi connectivity index (χ2v) is 5.17. The van der Waals surface area contributed by atoms with Crippen LogP contribution in [0.1, 0.15) is 34.1 Å². The summed E-state index contributed by atoms with van der Waals surface area (Å²) in [5.41, 5.74) is 0. The van der Waals surface area contributed by atoms with E-state index < -0.39 is 0 Å². The van der Waals surface area contributed by atoms with E-state index in [0.29, 0.717) is 13.1 Å². The van der Waals surface area contributed by atoms with Crippen molar-refractivity contribution in [2.75, 3.05) is 19.6 Å². The van der Waals surface area contributed by atoms with Gasteiger partial charge in [0.15, 0.2) is 0 Å². The Kier molecular flexibility index (Phi) is 4.74. The molecule has 4 nitrogen and oxygen atoms in total. The van der Waals surface area contributed by atoms with Gasteiger partial charge in [0.1, 0.15) is 0 Å². The summed E-state index contributed by atoms with van der Waals surface area (Å²) in [5, 5.41) is 9.40. The van der Waals surface area contributed by atoms with Crippen LogP contribution in [0.3, 0.4) is 0 Å². The number of β-amino-alcohol motifs (C(OH)–C–C–N with tert-alkyl or cyclic N) is 1. The summed E-state index contributed by atoms with van der Waals surface area (Å²) in [4.78, 5) is 16.0. The van der Waals surface area contributed by atoms with Crippen LogP contribution in [0.5, 0.6) is 0 Å². The minimum absolute atomic E-state index is 0.166.